The first kappa shape index (κ1) is 14.8. The minimum absolute atomic E-state index is 0.140. The number of hydrogen-bond acceptors (Lipinski definition) is 4. The molecule has 3 rings (SSSR count). The van der Waals surface area contributed by atoms with Crippen molar-refractivity contribution in [2.24, 2.45) is 0 Å². The van der Waals surface area contributed by atoms with E-state index < -0.39 is 5.97 Å². The molecule has 0 atom stereocenters. The number of carbonyl (C=O) groups excluding carboxylic acids is 1. The van der Waals surface area contributed by atoms with Crippen LogP contribution >= 0.6 is 0 Å². The van der Waals surface area contributed by atoms with Gasteiger partial charge in [0.05, 0.1) is 24.3 Å². The van der Waals surface area contributed by atoms with Crippen molar-refractivity contribution in [3.8, 4) is 5.75 Å². The third-order valence-corrected chi connectivity index (χ3v) is 3.50. The summed E-state index contributed by atoms with van der Waals surface area (Å²) >= 11 is 0. The number of carboxylic acids is 1. The molecule has 114 valence electrons. The Morgan fingerprint density at radius 2 is 1.91 bits per heavy atom. The first-order valence-electron chi connectivity index (χ1n) is 7.10. The average molecular weight is 304 g/mol. The van der Waals surface area contributed by atoms with Crippen LogP contribution in [-0.4, -0.2) is 18.1 Å². The van der Waals surface area contributed by atoms with Crippen molar-refractivity contribution in [1.82, 2.24) is 4.98 Å². The van der Waals surface area contributed by atoms with Gasteiger partial charge in [0.15, 0.2) is 0 Å². The summed E-state index contributed by atoms with van der Waals surface area (Å²) in [6, 6.07) is 16.2. The Balaban J connectivity index is 2.02. The van der Waals surface area contributed by atoms with Gasteiger partial charge in [0.25, 0.3) is 0 Å². The van der Waals surface area contributed by atoms with Crippen LogP contribution in [-0.2, 0) is 0 Å². The summed E-state index contributed by atoms with van der Waals surface area (Å²) in [4.78, 5) is 15.8. The van der Waals surface area contributed by atoms with Gasteiger partial charge in [-0.15, -0.1) is 0 Å². The number of carboxylic acid groups (broad SMARTS) is 1. The minimum Gasteiger partial charge on any atom is -0.545 e. The van der Waals surface area contributed by atoms with Gasteiger partial charge >= 0.3 is 0 Å². The monoisotopic (exact) mass is 304 g/mol. The van der Waals surface area contributed by atoms with Crippen LogP contribution in [0.25, 0.3) is 23.1 Å². The summed E-state index contributed by atoms with van der Waals surface area (Å²) in [6.07, 6.45) is 3.63. The molecule has 0 saturated heterocycles. The molecule has 1 aromatic heterocycles. The van der Waals surface area contributed by atoms with E-state index in [-0.39, 0.29) is 5.56 Å². The standard InChI is InChI=1S/C19H15NO3/c1-23-15-6-4-5-13(11-15)9-10-14-12-17(19(21)22)16-7-2-3-8-18(16)20-14/h2-12H,1H3,(H,21,22)/p-1/b10-9+. The molecule has 0 unspecified atom stereocenters. The maximum Gasteiger partial charge on any atom is 0.119 e. The minimum atomic E-state index is -1.21. The van der Waals surface area contributed by atoms with Crippen molar-refractivity contribution in [1.29, 1.82) is 0 Å². The fourth-order valence-corrected chi connectivity index (χ4v) is 2.38. The molecular weight excluding hydrogens is 290 g/mol. The van der Waals surface area contributed by atoms with E-state index in [1.54, 1.807) is 31.4 Å². The molecule has 0 radical (unpaired) electrons. The zero-order chi connectivity index (χ0) is 16.2. The van der Waals surface area contributed by atoms with Gasteiger partial charge in [0, 0.05) is 10.9 Å². The van der Waals surface area contributed by atoms with E-state index in [1.165, 1.54) is 6.07 Å². The molecule has 0 aliphatic rings. The predicted molar refractivity (Wildman–Crippen MR) is 88.0 cm³/mol. The summed E-state index contributed by atoms with van der Waals surface area (Å²) in [7, 11) is 1.61. The zero-order valence-electron chi connectivity index (χ0n) is 12.5. The number of rotatable bonds is 4. The Labute approximate surface area is 133 Å². The lowest BCUT2D eigenvalue weighted by atomic mass is 10.1. The highest BCUT2D eigenvalue weighted by Gasteiger charge is 2.05. The smallest absolute Gasteiger partial charge is 0.119 e. The van der Waals surface area contributed by atoms with Crippen LogP contribution in [0.2, 0.25) is 0 Å². The zero-order valence-corrected chi connectivity index (χ0v) is 12.5. The SMILES string of the molecule is COc1cccc(/C=C/c2cc(C(=O)[O-])c3ccccc3n2)c1. The predicted octanol–water partition coefficient (Wildman–Crippen LogP) is 2.78. The first-order chi connectivity index (χ1) is 11.2. The maximum atomic E-state index is 11.3. The second kappa shape index (κ2) is 6.32. The molecule has 0 aliphatic carbocycles. The van der Waals surface area contributed by atoms with E-state index in [9.17, 15) is 9.90 Å². The van der Waals surface area contributed by atoms with E-state index in [0.717, 1.165) is 11.3 Å². The molecule has 0 amide bonds. The lowest BCUT2D eigenvalue weighted by Gasteiger charge is -2.08. The van der Waals surface area contributed by atoms with Crippen molar-refractivity contribution in [3.05, 3.63) is 71.4 Å². The first-order valence-corrected chi connectivity index (χ1v) is 7.10. The largest absolute Gasteiger partial charge is 0.545 e. The van der Waals surface area contributed by atoms with E-state index >= 15 is 0 Å². The normalized spacial score (nSPS) is 11.0. The van der Waals surface area contributed by atoms with Crippen molar-refractivity contribution in [2.75, 3.05) is 7.11 Å². The average Bonchev–Trinajstić information content (AvgIpc) is 2.59. The van der Waals surface area contributed by atoms with Gasteiger partial charge in [0.2, 0.25) is 0 Å². The molecule has 0 aliphatic heterocycles. The molecule has 0 fully saturated rings. The molecule has 23 heavy (non-hydrogen) atoms. The molecule has 0 N–H and O–H groups in total. The third kappa shape index (κ3) is 3.21. The summed E-state index contributed by atoms with van der Waals surface area (Å²) < 4.78 is 5.18. The van der Waals surface area contributed by atoms with Crippen molar-refractivity contribution >= 4 is 29.0 Å². The fraction of sp³-hybridized carbons (Fsp3) is 0.0526. The number of nitrogens with zero attached hydrogens (tertiary/aromatic N) is 1. The summed E-state index contributed by atoms with van der Waals surface area (Å²) in [5, 5.41) is 11.9. The Hall–Kier alpha value is -3.14. The molecule has 0 saturated carbocycles. The van der Waals surface area contributed by atoms with E-state index in [2.05, 4.69) is 4.98 Å². The number of hydrogen-bond donors (Lipinski definition) is 0. The number of para-hydroxylation sites is 1. The summed E-state index contributed by atoms with van der Waals surface area (Å²) in [6.45, 7) is 0. The number of fused-ring (bicyclic) bond motifs is 1. The molecule has 2 aromatic carbocycles. The fourth-order valence-electron chi connectivity index (χ4n) is 2.38. The quantitative estimate of drug-likeness (QED) is 0.743. The molecule has 3 aromatic rings. The topological polar surface area (TPSA) is 62.2 Å². The van der Waals surface area contributed by atoms with E-state index in [1.807, 2.05) is 36.4 Å². The van der Waals surface area contributed by atoms with Gasteiger partial charge in [-0.05, 0) is 35.9 Å². The number of ether oxygens (including phenoxy) is 1. The van der Waals surface area contributed by atoms with Crippen LogP contribution in [0.15, 0.2) is 54.6 Å². The second-order valence-corrected chi connectivity index (χ2v) is 5.01. The maximum absolute atomic E-state index is 11.3. The Morgan fingerprint density at radius 3 is 2.70 bits per heavy atom. The molecule has 0 spiro atoms. The number of carbonyl (C=O) groups is 1. The van der Waals surface area contributed by atoms with Crippen molar-refractivity contribution in [3.63, 3.8) is 0 Å². The van der Waals surface area contributed by atoms with E-state index in [0.29, 0.717) is 16.6 Å². The Morgan fingerprint density at radius 1 is 1.09 bits per heavy atom. The van der Waals surface area contributed by atoms with Crippen LogP contribution in [0.1, 0.15) is 21.6 Å². The molecule has 4 heteroatoms. The highest BCUT2D eigenvalue weighted by Crippen LogP contribution is 2.20. The molecule has 1 heterocycles. The van der Waals surface area contributed by atoms with Crippen LogP contribution in [0.4, 0.5) is 0 Å². The van der Waals surface area contributed by atoms with Crippen LogP contribution in [0.5, 0.6) is 5.75 Å². The second-order valence-electron chi connectivity index (χ2n) is 5.01. The lowest BCUT2D eigenvalue weighted by Crippen LogP contribution is -2.22. The van der Waals surface area contributed by atoms with Gasteiger partial charge in [-0.25, -0.2) is 4.98 Å². The number of pyridine rings is 1. The van der Waals surface area contributed by atoms with Gasteiger partial charge < -0.3 is 14.6 Å². The van der Waals surface area contributed by atoms with Crippen LogP contribution in [0, 0.1) is 0 Å². The summed E-state index contributed by atoms with van der Waals surface area (Å²) in [5.74, 6) is -0.450. The highest BCUT2D eigenvalue weighted by atomic mass is 16.5. The van der Waals surface area contributed by atoms with Gasteiger partial charge in [-0.2, -0.15) is 0 Å². The third-order valence-electron chi connectivity index (χ3n) is 3.50. The number of aromatic carboxylic acids is 1. The molecule has 0 bridgehead atoms. The Bertz CT molecular complexity index is 900. The summed E-state index contributed by atoms with van der Waals surface area (Å²) in [5.41, 5.74) is 2.26. The highest BCUT2D eigenvalue weighted by molar-refractivity contribution is 6.02. The van der Waals surface area contributed by atoms with Crippen LogP contribution in [0.3, 0.4) is 0 Å². The van der Waals surface area contributed by atoms with Crippen molar-refractivity contribution in [2.45, 2.75) is 0 Å². The number of methoxy groups -OCH3 is 1. The van der Waals surface area contributed by atoms with Gasteiger partial charge in [0.1, 0.15) is 5.75 Å². The lowest BCUT2D eigenvalue weighted by molar-refractivity contribution is -0.254. The Kier molecular flexibility index (Phi) is 4.06. The van der Waals surface area contributed by atoms with E-state index in [4.69, 9.17) is 4.74 Å². The number of aromatic nitrogens is 1. The van der Waals surface area contributed by atoms with Crippen molar-refractivity contribution < 1.29 is 14.6 Å². The van der Waals surface area contributed by atoms with Gasteiger partial charge in [-0.3, -0.25) is 0 Å². The molecule has 4 nitrogen and oxygen atoms in total. The molecular formula is C19H14NO3-. The number of benzene rings is 2. The van der Waals surface area contributed by atoms with Crippen LogP contribution < -0.4 is 9.84 Å². The van der Waals surface area contributed by atoms with Gasteiger partial charge in [-0.1, -0.05) is 36.4 Å².